The van der Waals surface area contributed by atoms with Crippen LogP contribution in [0, 0.1) is 5.41 Å². The molecule has 0 fully saturated rings. The van der Waals surface area contributed by atoms with Crippen molar-refractivity contribution in [1.82, 2.24) is 0 Å². The molecule has 0 bridgehead atoms. The fourth-order valence-electron chi connectivity index (χ4n) is 2.55. The van der Waals surface area contributed by atoms with E-state index in [1.165, 1.54) is 42.5 Å². The molecule has 1 aliphatic heterocycles. The molecule has 9 heteroatoms. The lowest BCUT2D eigenvalue weighted by molar-refractivity contribution is -0.129. The molecule has 0 aliphatic carbocycles. The third kappa shape index (κ3) is 5.10. The Hall–Kier alpha value is -3.07. The fourth-order valence-corrected chi connectivity index (χ4v) is 3.61. The number of sulfonamides is 1. The summed E-state index contributed by atoms with van der Waals surface area (Å²) in [6, 6.07) is 10.2. The Morgan fingerprint density at radius 2 is 1.73 bits per heavy atom. The Balaban J connectivity index is 1.73. The molecule has 0 saturated carbocycles. The number of rotatable bonds is 6. The van der Waals surface area contributed by atoms with Crippen molar-refractivity contribution < 1.29 is 32.2 Å². The van der Waals surface area contributed by atoms with Crippen LogP contribution in [-0.2, 0) is 19.6 Å². The van der Waals surface area contributed by atoms with Gasteiger partial charge < -0.3 is 14.2 Å². The number of Topliss-reactive ketones (excluding diaryl/α,β-unsaturated/α-hetero) is 1. The maximum Gasteiger partial charge on any atom is 0.338 e. The molecule has 160 valence electrons. The fraction of sp³-hybridized carbons (Fsp3) is 0.333. The van der Waals surface area contributed by atoms with Gasteiger partial charge in [-0.3, -0.25) is 9.52 Å². The Kier molecular flexibility index (Phi) is 6.02. The highest BCUT2D eigenvalue weighted by Gasteiger charge is 2.23. The van der Waals surface area contributed by atoms with Crippen molar-refractivity contribution >= 4 is 27.5 Å². The monoisotopic (exact) mass is 433 g/mol. The zero-order valence-electron chi connectivity index (χ0n) is 16.9. The minimum atomic E-state index is -3.93. The van der Waals surface area contributed by atoms with Gasteiger partial charge in [0.2, 0.25) is 0 Å². The predicted octanol–water partition coefficient (Wildman–Crippen LogP) is 3.03. The van der Waals surface area contributed by atoms with E-state index in [-0.39, 0.29) is 28.5 Å². The number of fused-ring (bicyclic) bond motifs is 1. The Bertz CT molecular complexity index is 1070. The molecule has 8 nitrogen and oxygen atoms in total. The van der Waals surface area contributed by atoms with Gasteiger partial charge in [-0.15, -0.1) is 0 Å². The lowest BCUT2D eigenvalue weighted by Crippen LogP contribution is -2.26. The number of esters is 1. The van der Waals surface area contributed by atoms with Crippen LogP contribution in [0.3, 0.4) is 0 Å². The molecule has 0 spiro atoms. The van der Waals surface area contributed by atoms with E-state index in [2.05, 4.69) is 4.72 Å². The number of ether oxygens (including phenoxy) is 3. The van der Waals surface area contributed by atoms with Crippen LogP contribution >= 0.6 is 0 Å². The second-order valence-electron chi connectivity index (χ2n) is 7.74. The summed E-state index contributed by atoms with van der Waals surface area (Å²) in [4.78, 5) is 24.2. The summed E-state index contributed by atoms with van der Waals surface area (Å²) in [6.45, 7) is 5.59. The van der Waals surface area contributed by atoms with Gasteiger partial charge in [-0.25, -0.2) is 13.2 Å². The van der Waals surface area contributed by atoms with E-state index in [0.717, 1.165) is 0 Å². The summed E-state index contributed by atoms with van der Waals surface area (Å²) in [5.74, 6) is -0.0981. The number of nitrogens with one attached hydrogen (secondary N) is 1. The zero-order chi connectivity index (χ0) is 21.9. The maximum atomic E-state index is 12.7. The molecule has 3 rings (SSSR count). The summed E-state index contributed by atoms with van der Waals surface area (Å²) in [5.41, 5.74) is -0.318. The summed E-state index contributed by atoms with van der Waals surface area (Å²) >= 11 is 0. The minimum absolute atomic E-state index is 0.00416. The second-order valence-corrected chi connectivity index (χ2v) is 9.42. The van der Waals surface area contributed by atoms with Crippen LogP contribution in [0.25, 0.3) is 0 Å². The van der Waals surface area contributed by atoms with E-state index in [1.54, 1.807) is 20.8 Å². The van der Waals surface area contributed by atoms with E-state index in [0.29, 0.717) is 24.7 Å². The number of carbonyl (C=O) groups excluding carboxylic acids is 2. The second kappa shape index (κ2) is 8.35. The molecule has 0 unspecified atom stereocenters. The van der Waals surface area contributed by atoms with Crippen molar-refractivity contribution in [3.05, 3.63) is 48.0 Å². The third-order valence-electron chi connectivity index (χ3n) is 4.35. The van der Waals surface area contributed by atoms with Gasteiger partial charge in [-0.1, -0.05) is 26.8 Å². The van der Waals surface area contributed by atoms with Crippen LogP contribution in [0.1, 0.15) is 31.1 Å². The number of ketones is 1. The molecule has 0 amide bonds. The molecule has 1 N–H and O–H groups in total. The molecular weight excluding hydrogens is 410 g/mol. The highest BCUT2D eigenvalue weighted by molar-refractivity contribution is 7.92. The van der Waals surface area contributed by atoms with Gasteiger partial charge in [-0.2, -0.15) is 0 Å². The molecular formula is C21H23NO7S. The molecule has 0 atom stereocenters. The number of carbonyl (C=O) groups is 2. The first-order valence-electron chi connectivity index (χ1n) is 9.29. The predicted molar refractivity (Wildman–Crippen MR) is 109 cm³/mol. The maximum absolute atomic E-state index is 12.7. The van der Waals surface area contributed by atoms with Crippen molar-refractivity contribution in [3.63, 3.8) is 0 Å². The SMILES string of the molecule is CC(C)(C)C(=O)COC(=O)c1cccc(NS(=O)(=O)c2ccc3c(c2)OCCO3)c1. The number of hydrogen-bond acceptors (Lipinski definition) is 7. The summed E-state index contributed by atoms with van der Waals surface area (Å²) in [6.07, 6.45) is 0. The Morgan fingerprint density at radius 1 is 1.03 bits per heavy atom. The van der Waals surface area contributed by atoms with Gasteiger partial charge in [0.1, 0.15) is 13.2 Å². The first-order chi connectivity index (χ1) is 14.1. The number of benzene rings is 2. The number of hydrogen-bond donors (Lipinski definition) is 1. The minimum Gasteiger partial charge on any atom is -0.486 e. The lowest BCUT2D eigenvalue weighted by Gasteiger charge is -2.19. The summed E-state index contributed by atoms with van der Waals surface area (Å²) in [7, 11) is -3.93. The molecule has 2 aromatic carbocycles. The quantitative estimate of drug-likeness (QED) is 0.698. The summed E-state index contributed by atoms with van der Waals surface area (Å²) in [5, 5.41) is 0. The first-order valence-corrected chi connectivity index (χ1v) is 10.8. The average molecular weight is 433 g/mol. The van der Waals surface area contributed by atoms with Crippen LogP contribution < -0.4 is 14.2 Å². The molecule has 1 aliphatic rings. The summed E-state index contributed by atoms with van der Waals surface area (Å²) < 4.78 is 43.8. The van der Waals surface area contributed by atoms with Crippen LogP contribution in [0.5, 0.6) is 11.5 Å². The molecule has 0 saturated heterocycles. The van der Waals surface area contributed by atoms with E-state index >= 15 is 0 Å². The third-order valence-corrected chi connectivity index (χ3v) is 5.72. The van der Waals surface area contributed by atoms with Gasteiger partial charge in [0.05, 0.1) is 10.5 Å². The Morgan fingerprint density at radius 3 is 2.43 bits per heavy atom. The van der Waals surface area contributed by atoms with Crippen LogP contribution in [0.2, 0.25) is 0 Å². The van der Waals surface area contributed by atoms with Crippen molar-refractivity contribution in [2.75, 3.05) is 24.5 Å². The first kappa shape index (κ1) is 21.6. The van der Waals surface area contributed by atoms with Crippen molar-refractivity contribution in [1.29, 1.82) is 0 Å². The zero-order valence-corrected chi connectivity index (χ0v) is 17.7. The molecule has 30 heavy (non-hydrogen) atoms. The van der Waals surface area contributed by atoms with Crippen LogP contribution in [0.15, 0.2) is 47.4 Å². The molecule has 0 aromatic heterocycles. The molecule has 1 heterocycles. The standard InChI is InChI=1S/C21H23NO7S/c1-21(2,3)19(23)13-29-20(24)14-5-4-6-15(11-14)22-30(25,26)16-7-8-17-18(12-16)28-10-9-27-17/h4-8,11-12,22H,9-10,13H2,1-3H3. The van der Waals surface area contributed by atoms with E-state index in [9.17, 15) is 18.0 Å². The van der Waals surface area contributed by atoms with Gasteiger partial charge >= 0.3 is 5.97 Å². The molecule has 2 aromatic rings. The van der Waals surface area contributed by atoms with Crippen molar-refractivity contribution in [2.45, 2.75) is 25.7 Å². The largest absolute Gasteiger partial charge is 0.486 e. The number of anilines is 1. The normalized spacial score (nSPS) is 13.4. The Labute approximate surface area is 175 Å². The topological polar surface area (TPSA) is 108 Å². The van der Waals surface area contributed by atoms with E-state index < -0.39 is 21.4 Å². The van der Waals surface area contributed by atoms with Gasteiger partial charge in [-0.05, 0) is 30.3 Å². The van der Waals surface area contributed by atoms with Gasteiger partial charge in [0.25, 0.3) is 10.0 Å². The van der Waals surface area contributed by atoms with Crippen LogP contribution in [0.4, 0.5) is 5.69 Å². The van der Waals surface area contributed by atoms with Crippen molar-refractivity contribution in [3.8, 4) is 11.5 Å². The van der Waals surface area contributed by atoms with Gasteiger partial charge in [0, 0.05) is 17.2 Å². The lowest BCUT2D eigenvalue weighted by atomic mass is 9.91. The highest BCUT2D eigenvalue weighted by atomic mass is 32.2. The van der Waals surface area contributed by atoms with E-state index in [1.807, 2.05) is 0 Å². The van der Waals surface area contributed by atoms with E-state index in [4.69, 9.17) is 14.2 Å². The average Bonchev–Trinajstić information content (AvgIpc) is 2.70. The van der Waals surface area contributed by atoms with Gasteiger partial charge in [0.15, 0.2) is 23.9 Å². The highest BCUT2D eigenvalue weighted by Crippen LogP contribution is 2.32. The van der Waals surface area contributed by atoms with Crippen molar-refractivity contribution in [2.24, 2.45) is 5.41 Å². The smallest absolute Gasteiger partial charge is 0.338 e. The molecule has 0 radical (unpaired) electrons. The van der Waals surface area contributed by atoms with Crippen LogP contribution in [-0.4, -0.2) is 40.0 Å².